The quantitative estimate of drug-likeness (QED) is 0.870. The number of amides is 1. The van der Waals surface area contributed by atoms with Gasteiger partial charge >= 0.3 is 5.97 Å². The van der Waals surface area contributed by atoms with Gasteiger partial charge in [0.15, 0.2) is 0 Å². The summed E-state index contributed by atoms with van der Waals surface area (Å²) < 4.78 is 0.649. The lowest BCUT2D eigenvalue weighted by Crippen LogP contribution is -2.29. The molecule has 1 atom stereocenters. The number of carbonyl (C=O) groups excluding carboxylic acids is 1. The second-order valence-corrected chi connectivity index (χ2v) is 5.30. The molecule has 98 valence electrons. The van der Waals surface area contributed by atoms with Crippen molar-refractivity contribution in [2.45, 2.75) is 13.3 Å². The Labute approximate surface area is 118 Å². The number of carboxylic acids is 1. The Bertz CT molecular complexity index is 465. The Balaban J connectivity index is 2.55. The van der Waals surface area contributed by atoms with Crippen LogP contribution < -0.4 is 5.32 Å². The van der Waals surface area contributed by atoms with E-state index in [-0.39, 0.29) is 18.2 Å². The molecule has 0 spiro atoms. The number of rotatable bonds is 5. The second-order valence-electron chi connectivity index (χ2n) is 4.04. The molecule has 1 amide bonds. The van der Waals surface area contributed by atoms with Crippen LogP contribution in [0.3, 0.4) is 0 Å². The van der Waals surface area contributed by atoms with Crippen molar-refractivity contribution in [1.29, 1.82) is 0 Å². The Morgan fingerprint density at radius 3 is 2.72 bits per heavy atom. The summed E-state index contributed by atoms with van der Waals surface area (Å²) in [6, 6.07) is 4.87. The lowest BCUT2D eigenvalue weighted by atomic mass is 10.1. The van der Waals surface area contributed by atoms with Crippen LogP contribution in [0.25, 0.3) is 0 Å². The van der Waals surface area contributed by atoms with Crippen molar-refractivity contribution in [1.82, 2.24) is 5.32 Å². The summed E-state index contributed by atoms with van der Waals surface area (Å²) in [5, 5.41) is 11.8. The van der Waals surface area contributed by atoms with Crippen LogP contribution in [0.2, 0.25) is 5.02 Å². The molecular formula is C12H13BrClNO3. The maximum atomic E-state index is 11.8. The van der Waals surface area contributed by atoms with Crippen LogP contribution >= 0.6 is 27.5 Å². The summed E-state index contributed by atoms with van der Waals surface area (Å²) in [4.78, 5) is 22.2. The molecule has 0 saturated heterocycles. The number of carboxylic acid groups (broad SMARTS) is 1. The van der Waals surface area contributed by atoms with Crippen molar-refractivity contribution in [3.8, 4) is 0 Å². The van der Waals surface area contributed by atoms with Gasteiger partial charge in [-0.05, 0) is 40.0 Å². The molecule has 0 fully saturated rings. The van der Waals surface area contributed by atoms with Gasteiger partial charge in [-0.1, -0.05) is 18.5 Å². The molecule has 4 nitrogen and oxygen atoms in total. The van der Waals surface area contributed by atoms with Gasteiger partial charge in [-0.2, -0.15) is 0 Å². The molecule has 0 saturated carbocycles. The predicted octanol–water partition coefficient (Wildman–Crippen LogP) is 2.94. The van der Waals surface area contributed by atoms with Crippen molar-refractivity contribution in [3.05, 3.63) is 33.3 Å². The molecule has 0 aliphatic heterocycles. The van der Waals surface area contributed by atoms with E-state index in [9.17, 15) is 9.59 Å². The Morgan fingerprint density at radius 2 is 2.17 bits per heavy atom. The van der Waals surface area contributed by atoms with Crippen molar-refractivity contribution in [2.75, 3.05) is 6.54 Å². The standard InChI is InChI=1S/C12H13BrClNO3/c1-7(4-11(16)17)6-15-12(18)8-2-3-10(14)9(13)5-8/h2-3,5,7H,4,6H2,1H3,(H,15,18)(H,16,17). The zero-order valence-electron chi connectivity index (χ0n) is 9.74. The van der Waals surface area contributed by atoms with Crippen LogP contribution in [0, 0.1) is 5.92 Å². The highest BCUT2D eigenvalue weighted by Crippen LogP contribution is 2.23. The fraction of sp³-hybridized carbons (Fsp3) is 0.333. The predicted molar refractivity (Wildman–Crippen MR) is 72.9 cm³/mol. The highest BCUT2D eigenvalue weighted by molar-refractivity contribution is 9.10. The van der Waals surface area contributed by atoms with Crippen molar-refractivity contribution in [2.24, 2.45) is 5.92 Å². The average molecular weight is 335 g/mol. The maximum absolute atomic E-state index is 11.8. The van der Waals surface area contributed by atoms with Gasteiger partial charge in [0.1, 0.15) is 0 Å². The van der Waals surface area contributed by atoms with Gasteiger partial charge < -0.3 is 10.4 Å². The first-order valence-electron chi connectivity index (χ1n) is 5.35. The summed E-state index contributed by atoms with van der Waals surface area (Å²) in [7, 11) is 0. The lowest BCUT2D eigenvalue weighted by Gasteiger charge is -2.10. The molecule has 2 N–H and O–H groups in total. The number of benzene rings is 1. The maximum Gasteiger partial charge on any atom is 0.303 e. The van der Waals surface area contributed by atoms with Crippen molar-refractivity contribution < 1.29 is 14.7 Å². The molecule has 1 unspecified atom stereocenters. The fourth-order valence-corrected chi connectivity index (χ4v) is 1.87. The molecule has 0 bridgehead atoms. The molecular weight excluding hydrogens is 321 g/mol. The first-order valence-corrected chi connectivity index (χ1v) is 6.52. The molecule has 0 aliphatic carbocycles. The molecule has 0 aliphatic rings. The van der Waals surface area contributed by atoms with Crippen LogP contribution in [0.15, 0.2) is 22.7 Å². The molecule has 1 aromatic rings. The van der Waals surface area contributed by atoms with Crippen LogP contribution in [-0.2, 0) is 4.79 Å². The third-order valence-corrected chi connectivity index (χ3v) is 3.53. The van der Waals surface area contributed by atoms with Gasteiger partial charge in [-0.15, -0.1) is 0 Å². The van der Waals surface area contributed by atoms with Gasteiger partial charge in [-0.25, -0.2) is 0 Å². The summed E-state index contributed by atoms with van der Waals surface area (Å²) in [6.07, 6.45) is 0.0323. The number of hydrogen-bond acceptors (Lipinski definition) is 2. The Morgan fingerprint density at radius 1 is 1.50 bits per heavy atom. The summed E-state index contributed by atoms with van der Waals surface area (Å²) in [5.41, 5.74) is 0.480. The van der Waals surface area contributed by atoms with Gasteiger partial charge in [0, 0.05) is 23.0 Å². The minimum atomic E-state index is -0.869. The number of halogens is 2. The summed E-state index contributed by atoms with van der Waals surface area (Å²) in [5.74, 6) is -1.22. The van der Waals surface area contributed by atoms with E-state index in [0.29, 0.717) is 21.6 Å². The van der Waals surface area contributed by atoms with E-state index in [2.05, 4.69) is 21.2 Å². The third-order valence-electron chi connectivity index (χ3n) is 2.32. The normalized spacial score (nSPS) is 11.9. The zero-order chi connectivity index (χ0) is 13.7. The van der Waals surface area contributed by atoms with E-state index in [1.54, 1.807) is 25.1 Å². The van der Waals surface area contributed by atoms with Gasteiger partial charge in [0.2, 0.25) is 0 Å². The monoisotopic (exact) mass is 333 g/mol. The van der Waals surface area contributed by atoms with Crippen molar-refractivity contribution >= 4 is 39.4 Å². The topological polar surface area (TPSA) is 66.4 Å². The number of nitrogens with one attached hydrogen (secondary N) is 1. The first-order chi connectivity index (χ1) is 8.40. The summed E-state index contributed by atoms with van der Waals surface area (Å²) in [6.45, 7) is 2.09. The lowest BCUT2D eigenvalue weighted by molar-refractivity contribution is -0.137. The molecule has 0 aromatic heterocycles. The highest BCUT2D eigenvalue weighted by atomic mass is 79.9. The molecule has 1 aromatic carbocycles. The van der Waals surface area contributed by atoms with Gasteiger partial charge in [0.25, 0.3) is 5.91 Å². The minimum Gasteiger partial charge on any atom is -0.481 e. The largest absolute Gasteiger partial charge is 0.481 e. The average Bonchev–Trinajstić information content (AvgIpc) is 2.28. The minimum absolute atomic E-state index is 0.0323. The molecule has 0 radical (unpaired) electrons. The third kappa shape index (κ3) is 4.66. The van der Waals surface area contributed by atoms with Crippen LogP contribution in [-0.4, -0.2) is 23.5 Å². The van der Waals surface area contributed by atoms with E-state index in [4.69, 9.17) is 16.7 Å². The van der Waals surface area contributed by atoms with Gasteiger partial charge in [0.05, 0.1) is 5.02 Å². The summed E-state index contributed by atoms with van der Waals surface area (Å²) >= 11 is 9.06. The second kappa shape index (κ2) is 6.75. The van der Waals surface area contributed by atoms with E-state index in [1.165, 1.54) is 0 Å². The van der Waals surface area contributed by atoms with E-state index in [0.717, 1.165) is 0 Å². The first kappa shape index (κ1) is 15.0. The zero-order valence-corrected chi connectivity index (χ0v) is 12.1. The highest BCUT2D eigenvalue weighted by Gasteiger charge is 2.11. The molecule has 0 heterocycles. The van der Waals surface area contributed by atoms with E-state index < -0.39 is 5.97 Å². The Kier molecular flexibility index (Phi) is 5.62. The fourth-order valence-electron chi connectivity index (χ4n) is 1.38. The number of aliphatic carboxylic acids is 1. The number of carbonyl (C=O) groups is 2. The van der Waals surface area contributed by atoms with Crippen LogP contribution in [0.5, 0.6) is 0 Å². The number of hydrogen-bond donors (Lipinski definition) is 2. The smallest absolute Gasteiger partial charge is 0.303 e. The Hall–Kier alpha value is -1.07. The van der Waals surface area contributed by atoms with E-state index >= 15 is 0 Å². The molecule has 1 rings (SSSR count). The SMILES string of the molecule is CC(CNC(=O)c1ccc(Cl)c(Br)c1)CC(=O)O. The van der Waals surface area contributed by atoms with Gasteiger partial charge in [-0.3, -0.25) is 9.59 Å². The van der Waals surface area contributed by atoms with Crippen LogP contribution in [0.1, 0.15) is 23.7 Å². The van der Waals surface area contributed by atoms with Crippen LogP contribution in [0.4, 0.5) is 0 Å². The van der Waals surface area contributed by atoms with E-state index in [1.807, 2.05) is 0 Å². The molecule has 6 heteroatoms. The van der Waals surface area contributed by atoms with Crippen molar-refractivity contribution in [3.63, 3.8) is 0 Å². The molecule has 18 heavy (non-hydrogen) atoms.